The molecule has 0 saturated carbocycles. The minimum Gasteiger partial charge on any atom is -0.394 e. The summed E-state index contributed by atoms with van der Waals surface area (Å²) in [5, 5.41) is 136. The lowest BCUT2D eigenvalue weighted by atomic mass is 9.82. The standard InChI is InChI=1S/C79H140N5O32P/c1-48-59(113-60(44-85)71(100)68(48)97)31-23-34-66(96)84-56(29-8-6-7-26-54(90)27-13-19-40-111-79-67(83-51(4)89)75(104)74(103)63(47-88)116-79)76(105)82-37-17-12-25-53(57(92)30-9-10-32-64(94)81-36-18-22-41-112-117(106,107)108-5)43-58(93)52(42-55(91)28-14-20-38-109-77-49(2)69(98)72(101)61(45-86)114-77)24-11-16-35-80-65(95)33-15-21-39-110-78-50(3)70(99)73(102)62(46-87)115-78/h48-50,52-53,56,59-63,67-75,77-79,85-88,97-104H,6-47H2,1-5H3,(H,80,95)(H,81,94)(H,82,105)(H,83,89)(H,84,96)(H,106,107)/t48-,49+,50+,52+,53+,56-,59-,60+,61+,62+,63+,67+,68+,69+,70+,71-,72-,73-,74-,75+,77+,78+,79+/m0/s1. The van der Waals surface area contributed by atoms with Crippen LogP contribution in [-0.2, 0) is 89.9 Å². The van der Waals surface area contributed by atoms with E-state index in [2.05, 4.69) is 31.1 Å². The number of hydrogen-bond donors (Lipinski definition) is 18. The van der Waals surface area contributed by atoms with Crippen LogP contribution in [0, 0.1) is 29.6 Å². The lowest BCUT2D eigenvalue weighted by Gasteiger charge is -2.42. The molecule has 18 N–H and O–H groups in total. The first kappa shape index (κ1) is 105. The van der Waals surface area contributed by atoms with Gasteiger partial charge in [-0.3, -0.25) is 52.2 Å². The number of aliphatic hydroxyl groups excluding tert-OH is 12. The third-order valence-electron chi connectivity index (χ3n) is 22.2. The van der Waals surface area contributed by atoms with Crippen LogP contribution >= 0.6 is 7.82 Å². The molecule has 4 aliphatic rings. The molecule has 0 spiro atoms. The van der Waals surface area contributed by atoms with Gasteiger partial charge in [-0.15, -0.1) is 0 Å². The van der Waals surface area contributed by atoms with Gasteiger partial charge < -0.3 is 126 Å². The molecule has 1 unspecified atom stereocenters. The summed E-state index contributed by atoms with van der Waals surface area (Å²) in [5.74, 6) is -6.15. The van der Waals surface area contributed by atoms with Crippen LogP contribution in [0.25, 0.3) is 0 Å². The third kappa shape index (κ3) is 38.8. The number of phosphoric acid groups is 1. The first-order valence-electron chi connectivity index (χ1n) is 42.2. The largest absolute Gasteiger partial charge is 0.471 e. The number of ether oxygens (including phenoxy) is 7. The van der Waals surface area contributed by atoms with E-state index < -0.39 is 192 Å². The molecule has 0 aromatic heterocycles. The van der Waals surface area contributed by atoms with Crippen LogP contribution in [0.1, 0.15) is 227 Å². The van der Waals surface area contributed by atoms with Crippen molar-refractivity contribution in [1.82, 2.24) is 26.6 Å². The molecule has 0 aliphatic carbocycles. The topological polar surface area (TPSA) is 577 Å². The quantitative estimate of drug-likeness (QED) is 0.0290. The van der Waals surface area contributed by atoms with Crippen LogP contribution in [0.15, 0.2) is 0 Å². The average molecular weight is 1700 g/mol. The zero-order valence-electron chi connectivity index (χ0n) is 69.0. The Labute approximate surface area is 686 Å². The molecule has 117 heavy (non-hydrogen) atoms. The van der Waals surface area contributed by atoms with Gasteiger partial charge in [0.05, 0.1) is 57.5 Å². The first-order valence-corrected chi connectivity index (χ1v) is 43.7. The van der Waals surface area contributed by atoms with Crippen molar-refractivity contribution in [3.63, 3.8) is 0 Å². The molecule has 4 fully saturated rings. The van der Waals surface area contributed by atoms with Crippen LogP contribution in [0.2, 0.25) is 0 Å². The molecule has 0 aromatic carbocycles. The van der Waals surface area contributed by atoms with Crippen molar-refractivity contribution in [2.45, 2.75) is 337 Å². The summed E-state index contributed by atoms with van der Waals surface area (Å²) in [6.45, 7) is 4.93. The predicted octanol–water partition coefficient (Wildman–Crippen LogP) is 0.446. The van der Waals surface area contributed by atoms with E-state index in [4.69, 9.17) is 37.7 Å². The van der Waals surface area contributed by atoms with Gasteiger partial charge in [-0.2, -0.15) is 0 Å². The Bertz CT molecular complexity index is 2940. The monoisotopic (exact) mass is 1700 g/mol. The van der Waals surface area contributed by atoms with Gasteiger partial charge >= 0.3 is 7.82 Å². The predicted molar refractivity (Wildman–Crippen MR) is 418 cm³/mol. The minimum absolute atomic E-state index is 0.0115. The maximum Gasteiger partial charge on any atom is 0.471 e. The summed E-state index contributed by atoms with van der Waals surface area (Å²) in [6, 6.07) is -2.12. The molecule has 5 amide bonds. The molecule has 0 radical (unpaired) electrons. The van der Waals surface area contributed by atoms with E-state index in [0.717, 1.165) is 7.11 Å². The van der Waals surface area contributed by atoms with Gasteiger partial charge in [0, 0.05) is 141 Å². The SMILES string of the molecule is COP(=O)(O)OCCCCNC(=O)CCCCC(=O)[C@H](CCCCNC(=O)[C@H](CCCCCC(=O)CCCCO[C@@H]1O[C@H](CO)[C@H](O)[C@H](O)[C@H]1NC(C)=O)NC(=O)CCC[C@@H]1O[C@H](CO)[C@H](O)[C@H](O)[C@H]1C)CC(=O)[C@H](CCCCNC(=O)CCCCO[C@@H]1O[C@H](CO)[C@H](O)[C@H](O)[C@H]1C)CC(=O)CCCCO[C@@H]1O[C@H](CO)[C@H](O)[C@H](O)[C@H]1C. The molecule has 37 nitrogen and oxygen atoms in total. The Morgan fingerprint density at radius 1 is 0.402 bits per heavy atom. The first-order chi connectivity index (χ1) is 55.8. The smallest absolute Gasteiger partial charge is 0.394 e. The minimum atomic E-state index is -4.14. The maximum absolute atomic E-state index is 14.7. The highest BCUT2D eigenvalue weighted by atomic mass is 31.2. The molecule has 4 heterocycles. The number of phosphoric ester groups is 1. The molecule has 4 saturated heterocycles. The number of hydrogen-bond acceptors (Lipinski definition) is 31. The lowest BCUT2D eigenvalue weighted by molar-refractivity contribution is -0.282. The average Bonchev–Trinajstić information content (AvgIpc) is 0.821. The van der Waals surface area contributed by atoms with Crippen molar-refractivity contribution in [2.24, 2.45) is 29.6 Å². The second-order valence-electron chi connectivity index (χ2n) is 31.6. The number of carbonyl (C=O) groups is 9. The van der Waals surface area contributed by atoms with Crippen molar-refractivity contribution in [3.05, 3.63) is 0 Å². The Kier molecular flexibility index (Phi) is 51.6. The summed E-state index contributed by atoms with van der Waals surface area (Å²) in [7, 11) is -3.10. The fourth-order valence-corrected chi connectivity index (χ4v) is 15.2. The number of rotatable bonds is 63. The zero-order chi connectivity index (χ0) is 86.6. The van der Waals surface area contributed by atoms with Crippen LogP contribution in [0.3, 0.4) is 0 Å². The Morgan fingerprint density at radius 2 is 0.812 bits per heavy atom. The summed E-state index contributed by atoms with van der Waals surface area (Å²) in [6.07, 6.45) is -9.78. The number of unbranched alkanes of at least 4 members (excludes halogenated alkanes) is 9. The van der Waals surface area contributed by atoms with E-state index in [-0.39, 0.29) is 164 Å². The number of aliphatic hydroxyl groups is 12. The fraction of sp³-hybridized carbons (Fsp3) is 0.886. The summed E-state index contributed by atoms with van der Waals surface area (Å²) < 4.78 is 61.0. The Morgan fingerprint density at radius 3 is 1.33 bits per heavy atom. The fourth-order valence-electron chi connectivity index (χ4n) is 14.7. The van der Waals surface area contributed by atoms with Gasteiger partial charge in [0.1, 0.15) is 90.2 Å². The lowest BCUT2D eigenvalue weighted by Crippen LogP contribution is -2.64. The number of Topliss-reactive ketones (excluding diaryl/α,β-unsaturated/α-hetero) is 4. The highest BCUT2D eigenvalue weighted by Gasteiger charge is 2.47. The van der Waals surface area contributed by atoms with E-state index in [1.807, 2.05) is 0 Å². The number of amides is 5. The van der Waals surface area contributed by atoms with Gasteiger partial charge in [-0.05, 0) is 116 Å². The van der Waals surface area contributed by atoms with Crippen LogP contribution in [0.4, 0.5) is 0 Å². The molecule has 0 bridgehead atoms. The van der Waals surface area contributed by atoms with E-state index in [1.54, 1.807) is 20.8 Å². The molecule has 0 aromatic rings. The van der Waals surface area contributed by atoms with E-state index in [1.165, 1.54) is 6.92 Å². The Balaban J connectivity index is 1.42. The van der Waals surface area contributed by atoms with Crippen LogP contribution in [-0.4, -0.2) is 309 Å². The van der Waals surface area contributed by atoms with Crippen molar-refractivity contribution < 1.29 is 156 Å². The summed E-state index contributed by atoms with van der Waals surface area (Å²) >= 11 is 0. The van der Waals surface area contributed by atoms with Gasteiger partial charge in [-0.1, -0.05) is 46.5 Å². The van der Waals surface area contributed by atoms with E-state index >= 15 is 0 Å². The third-order valence-corrected chi connectivity index (χ3v) is 23.2. The molecular weight excluding hydrogens is 1560 g/mol. The van der Waals surface area contributed by atoms with Gasteiger partial charge in [0.2, 0.25) is 29.5 Å². The molecule has 4 aliphatic heterocycles. The Hall–Kier alpha value is -4.62. The number of nitrogens with one attached hydrogen (secondary N) is 5. The van der Waals surface area contributed by atoms with Crippen molar-refractivity contribution in [1.29, 1.82) is 0 Å². The van der Waals surface area contributed by atoms with E-state index in [0.29, 0.717) is 116 Å². The molecule has 678 valence electrons. The molecular formula is C79H140N5O32P. The molecule has 4 rings (SSSR count). The van der Waals surface area contributed by atoms with Crippen molar-refractivity contribution in [3.8, 4) is 0 Å². The second-order valence-corrected chi connectivity index (χ2v) is 33.1. The highest BCUT2D eigenvalue weighted by Crippen LogP contribution is 2.42. The van der Waals surface area contributed by atoms with Gasteiger partial charge in [-0.25, -0.2) is 4.57 Å². The van der Waals surface area contributed by atoms with Crippen molar-refractivity contribution in [2.75, 3.05) is 79.6 Å². The second kappa shape index (κ2) is 57.7. The normalized spacial score (nSPS) is 28.7. The number of ketones is 4. The molecule has 38 heteroatoms. The summed E-state index contributed by atoms with van der Waals surface area (Å²) in [5.41, 5.74) is 0. The molecule has 24 atom stereocenters. The van der Waals surface area contributed by atoms with Crippen LogP contribution < -0.4 is 26.6 Å². The van der Waals surface area contributed by atoms with Crippen LogP contribution in [0.5, 0.6) is 0 Å². The van der Waals surface area contributed by atoms with Crippen molar-refractivity contribution >= 4 is 60.5 Å². The maximum atomic E-state index is 14.7. The van der Waals surface area contributed by atoms with E-state index in [9.17, 15) is 114 Å². The highest BCUT2D eigenvalue weighted by molar-refractivity contribution is 7.47. The number of carbonyl (C=O) groups excluding carboxylic acids is 9. The van der Waals surface area contributed by atoms with Gasteiger partial charge in [0.15, 0.2) is 18.9 Å². The zero-order valence-corrected chi connectivity index (χ0v) is 69.9. The summed E-state index contributed by atoms with van der Waals surface area (Å²) in [4.78, 5) is 131. The van der Waals surface area contributed by atoms with Gasteiger partial charge in [0.25, 0.3) is 0 Å².